The minimum Gasteiger partial charge on any atom is -0.453 e. The van der Waals surface area contributed by atoms with Gasteiger partial charge in [-0.05, 0) is 0 Å². The van der Waals surface area contributed by atoms with Crippen LogP contribution in [-0.4, -0.2) is 112 Å². The fourth-order valence-electron chi connectivity index (χ4n) is 2.43. The first-order chi connectivity index (χ1) is 24.4. The van der Waals surface area contributed by atoms with Gasteiger partial charge < -0.3 is 23.7 Å². The van der Waals surface area contributed by atoms with Gasteiger partial charge in [0, 0.05) is 18.2 Å². The largest absolute Gasteiger partial charge is 0.453 e. The molecule has 0 bridgehead atoms. The molecule has 0 saturated heterocycles. The van der Waals surface area contributed by atoms with Crippen LogP contribution in [0.15, 0.2) is 38.0 Å². The van der Waals surface area contributed by atoms with E-state index in [0.29, 0.717) is 0 Å². The van der Waals surface area contributed by atoms with E-state index in [1.165, 1.54) is 0 Å². The molecule has 31 heteroatoms. The SMILES string of the molecule is C=CC(=O)OCC(F)(F)OC(F)(F)C(F)(F)OCC(F)(COC(F)(F)C(F)(F)OC(F)(F)COC(=O)C=C)OC(F)(F)C(F)(F)OC(F)(F)COC(=O)C=C. The Kier molecular flexibility index (Phi) is 16.6. The van der Waals surface area contributed by atoms with Crippen molar-refractivity contribution in [2.75, 3.05) is 33.0 Å². The van der Waals surface area contributed by atoms with E-state index in [9.17, 15) is 93.4 Å². The van der Waals surface area contributed by atoms with Crippen molar-refractivity contribution in [3.05, 3.63) is 38.0 Å². The highest BCUT2D eigenvalue weighted by Gasteiger charge is 2.70. The molecule has 0 aromatic carbocycles. The van der Waals surface area contributed by atoms with Crippen LogP contribution in [0.2, 0.25) is 0 Å². The molecule has 0 aromatic rings. The first-order valence-corrected chi connectivity index (χ1v) is 12.9. The molecule has 0 amide bonds. The Morgan fingerprint density at radius 3 is 0.818 bits per heavy atom. The third-order valence-electron chi connectivity index (χ3n) is 4.75. The van der Waals surface area contributed by atoms with Gasteiger partial charge in [0.15, 0.2) is 19.8 Å². The summed E-state index contributed by atoms with van der Waals surface area (Å²) in [5.41, 5.74) is 0. The second-order valence-corrected chi connectivity index (χ2v) is 9.32. The topological polar surface area (TPSA) is 134 Å². The molecule has 0 spiro atoms. The number of ether oxygens (including phenoxy) is 9. The van der Waals surface area contributed by atoms with E-state index in [4.69, 9.17) is 0 Å². The molecule has 0 atom stereocenters. The molecule has 0 unspecified atom stereocenters. The van der Waals surface area contributed by atoms with Crippen molar-refractivity contribution in [3.8, 4) is 0 Å². The first-order valence-electron chi connectivity index (χ1n) is 12.9. The highest BCUT2D eigenvalue weighted by molar-refractivity contribution is 5.81. The third-order valence-corrected chi connectivity index (χ3v) is 4.75. The molecule has 12 nitrogen and oxygen atoms in total. The average Bonchev–Trinajstić information content (AvgIpc) is 3.01. The van der Waals surface area contributed by atoms with Crippen molar-refractivity contribution in [1.29, 1.82) is 0 Å². The summed E-state index contributed by atoms with van der Waals surface area (Å²) in [6, 6.07) is 0. The van der Waals surface area contributed by atoms with E-state index < -0.39 is 112 Å². The normalized spacial score (nSPS) is 14.2. The Morgan fingerprint density at radius 1 is 0.364 bits per heavy atom. The second-order valence-electron chi connectivity index (χ2n) is 9.32. The second kappa shape index (κ2) is 17.9. The van der Waals surface area contributed by atoms with Gasteiger partial charge in [-0.15, -0.1) is 0 Å². The molecule has 0 aliphatic rings. The Hall–Kier alpha value is -3.94. The van der Waals surface area contributed by atoms with E-state index in [1.807, 2.05) is 0 Å². The summed E-state index contributed by atoms with van der Waals surface area (Å²) in [5, 5.41) is 0. The van der Waals surface area contributed by atoms with Crippen LogP contribution in [-0.2, 0) is 57.0 Å². The van der Waals surface area contributed by atoms with Crippen LogP contribution >= 0.6 is 0 Å². The van der Waals surface area contributed by atoms with Crippen molar-refractivity contribution in [3.63, 3.8) is 0 Å². The van der Waals surface area contributed by atoms with Crippen LogP contribution in [0.4, 0.5) is 83.4 Å². The predicted octanol–water partition coefficient (Wildman–Crippen LogP) is 6.27. The van der Waals surface area contributed by atoms with Gasteiger partial charge in [0.2, 0.25) is 0 Å². The van der Waals surface area contributed by atoms with E-state index in [2.05, 4.69) is 62.4 Å². The summed E-state index contributed by atoms with van der Waals surface area (Å²) in [5.74, 6) is -11.6. The number of halogens is 19. The van der Waals surface area contributed by atoms with Crippen LogP contribution < -0.4 is 0 Å². The molecule has 0 N–H and O–H groups in total. The minimum atomic E-state index is -7.27. The molecule has 0 heterocycles. The summed E-state index contributed by atoms with van der Waals surface area (Å²) in [4.78, 5) is 32.4. The van der Waals surface area contributed by atoms with Crippen LogP contribution in [0.5, 0.6) is 0 Å². The van der Waals surface area contributed by atoms with Crippen LogP contribution in [0.1, 0.15) is 0 Å². The van der Waals surface area contributed by atoms with Gasteiger partial charge in [-0.3, -0.25) is 4.74 Å². The third kappa shape index (κ3) is 16.0. The number of rotatable bonds is 26. The predicted molar refractivity (Wildman–Crippen MR) is 128 cm³/mol. The number of alkyl halides is 19. The zero-order valence-corrected chi connectivity index (χ0v) is 26.0. The number of hydrogen-bond acceptors (Lipinski definition) is 12. The molecule has 0 fully saturated rings. The molecule has 320 valence electrons. The minimum absolute atomic E-state index is 0.0790. The number of hydrogen-bond donors (Lipinski definition) is 0. The molecular weight excluding hydrogens is 841 g/mol. The van der Waals surface area contributed by atoms with E-state index >= 15 is 4.39 Å². The van der Waals surface area contributed by atoms with E-state index in [-0.39, 0.29) is 18.2 Å². The maximum absolute atomic E-state index is 15.3. The average molecular weight is 860 g/mol. The monoisotopic (exact) mass is 860 g/mol. The van der Waals surface area contributed by atoms with Crippen molar-refractivity contribution >= 4 is 17.9 Å². The van der Waals surface area contributed by atoms with Gasteiger partial charge >= 0.3 is 72.9 Å². The van der Waals surface area contributed by atoms with Gasteiger partial charge in [0.1, 0.15) is 13.2 Å². The fourth-order valence-corrected chi connectivity index (χ4v) is 2.43. The lowest BCUT2D eigenvalue weighted by molar-refractivity contribution is -0.523. The van der Waals surface area contributed by atoms with Crippen molar-refractivity contribution in [1.82, 2.24) is 0 Å². The molecule has 0 aromatic heterocycles. The zero-order chi connectivity index (χ0) is 43.8. The van der Waals surface area contributed by atoms with Crippen molar-refractivity contribution in [2.24, 2.45) is 0 Å². The Balaban J connectivity index is 6.65. The fraction of sp³-hybridized carbons (Fsp3) is 0.625. The Morgan fingerprint density at radius 2 is 0.582 bits per heavy atom. The Bertz CT molecular complexity index is 1310. The summed E-state index contributed by atoms with van der Waals surface area (Å²) in [7, 11) is 0. The summed E-state index contributed by atoms with van der Waals surface area (Å²) < 4.78 is 291. The lowest BCUT2D eigenvalue weighted by Crippen LogP contribution is -2.58. The van der Waals surface area contributed by atoms with Gasteiger partial charge in [-0.25, -0.2) is 33.0 Å². The molecule has 0 aliphatic carbocycles. The zero-order valence-electron chi connectivity index (χ0n) is 26.0. The van der Waals surface area contributed by atoms with Crippen molar-refractivity contribution in [2.45, 2.75) is 60.8 Å². The summed E-state index contributed by atoms with van der Waals surface area (Å²) in [6.45, 7) is -7.73. The van der Waals surface area contributed by atoms with Gasteiger partial charge in [0.05, 0.1) is 0 Å². The molecule has 55 heavy (non-hydrogen) atoms. The molecular formula is C24H19F19O12. The quantitative estimate of drug-likeness (QED) is 0.0420. The van der Waals surface area contributed by atoms with Gasteiger partial charge in [-0.2, -0.15) is 79.0 Å². The molecule has 0 saturated carbocycles. The van der Waals surface area contributed by atoms with Crippen LogP contribution in [0.25, 0.3) is 0 Å². The smallest absolute Gasteiger partial charge is 0.453 e. The highest BCUT2D eigenvalue weighted by atomic mass is 19.4. The first kappa shape index (κ1) is 51.1. The standard InChI is InChI=1S/C24H19F19O12/c1-4-12(44)47-9-16(26,27)53-21(36,37)19(32,33)50-7-15(25,52-23(40,41)24(42,43)55-18(30,31)11-49-14(46)6-3)8-51-20(34,35)22(38,39)54-17(28,29)10-48-13(45)5-2/h4-6H,1-3,7-11H2. The summed E-state index contributed by atoms with van der Waals surface area (Å²) >= 11 is 0. The molecule has 0 radical (unpaired) electrons. The van der Waals surface area contributed by atoms with Crippen LogP contribution in [0.3, 0.4) is 0 Å². The number of carbonyl (C=O) groups is 3. The Labute approximate surface area is 291 Å². The van der Waals surface area contributed by atoms with Crippen molar-refractivity contribution < 1.29 is 140 Å². The van der Waals surface area contributed by atoms with Gasteiger partial charge in [-0.1, -0.05) is 19.7 Å². The van der Waals surface area contributed by atoms with Gasteiger partial charge in [0.25, 0.3) is 5.85 Å². The molecule has 0 aliphatic heterocycles. The number of carbonyl (C=O) groups excluding carboxylic acids is 3. The number of esters is 3. The van der Waals surface area contributed by atoms with E-state index in [1.54, 1.807) is 0 Å². The lowest BCUT2D eigenvalue weighted by Gasteiger charge is -2.36. The maximum Gasteiger partial charge on any atom is 0.453 e. The van der Waals surface area contributed by atoms with E-state index in [0.717, 1.165) is 0 Å². The molecule has 0 rings (SSSR count). The maximum atomic E-state index is 15.3. The lowest BCUT2D eigenvalue weighted by atomic mass is 10.3. The summed E-state index contributed by atoms with van der Waals surface area (Å²) in [6.07, 6.45) is -59.1. The highest BCUT2D eigenvalue weighted by Crippen LogP contribution is 2.47. The van der Waals surface area contributed by atoms with Crippen LogP contribution in [0, 0.1) is 0 Å².